The molecule has 0 fully saturated rings. The molecular formula is C12H11BrO3. The smallest absolute Gasteiger partial charge is 0.376 e. The van der Waals surface area contributed by atoms with Gasteiger partial charge in [-0.25, -0.2) is 4.79 Å². The number of carbonyl (C=O) groups excluding carboxylic acids is 1. The average molecular weight is 283 g/mol. The van der Waals surface area contributed by atoms with Gasteiger partial charge < -0.3 is 5.11 Å². The molecule has 1 rings (SSSR count). The summed E-state index contributed by atoms with van der Waals surface area (Å²) < 4.78 is 0.937. The molecule has 0 spiro atoms. The van der Waals surface area contributed by atoms with Crippen molar-refractivity contribution in [2.75, 3.05) is 0 Å². The van der Waals surface area contributed by atoms with Crippen molar-refractivity contribution < 1.29 is 14.7 Å². The SMILES string of the molecule is CCC(=Cc1ccc(Br)cc1)C(=O)C(=O)O. The van der Waals surface area contributed by atoms with Crippen LogP contribution in [0.5, 0.6) is 0 Å². The van der Waals surface area contributed by atoms with Gasteiger partial charge in [0.15, 0.2) is 0 Å². The number of benzene rings is 1. The molecule has 0 saturated heterocycles. The highest BCUT2D eigenvalue weighted by molar-refractivity contribution is 9.10. The second-order valence-electron chi connectivity index (χ2n) is 3.21. The van der Waals surface area contributed by atoms with E-state index in [1.54, 1.807) is 13.0 Å². The first-order chi connectivity index (χ1) is 7.54. The Morgan fingerprint density at radius 2 is 1.88 bits per heavy atom. The van der Waals surface area contributed by atoms with Crippen LogP contribution < -0.4 is 0 Å². The number of hydrogen-bond acceptors (Lipinski definition) is 2. The molecule has 0 aliphatic heterocycles. The Labute approximate surface area is 102 Å². The predicted molar refractivity (Wildman–Crippen MR) is 65.1 cm³/mol. The van der Waals surface area contributed by atoms with Gasteiger partial charge in [-0.2, -0.15) is 0 Å². The number of carboxylic acid groups (broad SMARTS) is 1. The lowest BCUT2D eigenvalue weighted by atomic mass is 10.0. The Balaban J connectivity index is 3.00. The molecule has 0 aliphatic carbocycles. The van der Waals surface area contributed by atoms with Gasteiger partial charge in [-0.05, 0) is 30.2 Å². The van der Waals surface area contributed by atoms with Gasteiger partial charge in [0, 0.05) is 10.0 Å². The number of rotatable bonds is 4. The zero-order chi connectivity index (χ0) is 12.1. The summed E-state index contributed by atoms with van der Waals surface area (Å²) in [6.45, 7) is 1.76. The lowest BCUT2D eigenvalue weighted by Gasteiger charge is -2.00. The minimum absolute atomic E-state index is 0.301. The van der Waals surface area contributed by atoms with Crippen LogP contribution in [-0.2, 0) is 9.59 Å². The quantitative estimate of drug-likeness (QED) is 0.682. The van der Waals surface area contributed by atoms with Gasteiger partial charge in [-0.15, -0.1) is 0 Å². The van der Waals surface area contributed by atoms with Gasteiger partial charge in [0.05, 0.1) is 0 Å². The molecule has 0 aliphatic rings. The minimum Gasteiger partial charge on any atom is -0.475 e. The van der Waals surface area contributed by atoms with Crippen LogP contribution in [0.15, 0.2) is 34.3 Å². The predicted octanol–water partition coefficient (Wildman–Crippen LogP) is 2.90. The third kappa shape index (κ3) is 3.31. The van der Waals surface area contributed by atoms with Crippen molar-refractivity contribution in [3.8, 4) is 0 Å². The van der Waals surface area contributed by atoms with E-state index in [4.69, 9.17) is 5.11 Å². The third-order valence-electron chi connectivity index (χ3n) is 2.08. The van der Waals surface area contributed by atoms with Crippen molar-refractivity contribution in [1.29, 1.82) is 0 Å². The van der Waals surface area contributed by atoms with Gasteiger partial charge in [0.1, 0.15) is 0 Å². The van der Waals surface area contributed by atoms with Gasteiger partial charge >= 0.3 is 5.97 Å². The standard InChI is InChI=1S/C12H11BrO3/c1-2-9(11(14)12(15)16)7-8-3-5-10(13)6-4-8/h3-7H,2H2,1H3,(H,15,16). The lowest BCUT2D eigenvalue weighted by Crippen LogP contribution is -2.14. The number of carbonyl (C=O) groups is 2. The Kier molecular flexibility index (Phi) is 4.43. The summed E-state index contributed by atoms with van der Waals surface area (Å²) in [5.74, 6) is -2.25. The summed E-state index contributed by atoms with van der Waals surface area (Å²) in [5, 5.41) is 8.61. The monoisotopic (exact) mass is 282 g/mol. The Morgan fingerprint density at radius 1 is 1.31 bits per heavy atom. The molecular weight excluding hydrogens is 272 g/mol. The van der Waals surface area contributed by atoms with Crippen LogP contribution in [0.4, 0.5) is 0 Å². The van der Waals surface area contributed by atoms with Crippen molar-refractivity contribution in [2.45, 2.75) is 13.3 Å². The molecule has 1 aromatic carbocycles. The van der Waals surface area contributed by atoms with Crippen molar-refractivity contribution in [2.24, 2.45) is 0 Å². The van der Waals surface area contributed by atoms with Crippen molar-refractivity contribution in [3.05, 3.63) is 39.9 Å². The molecule has 0 aromatic heterocycles. The van der Waals surface area contributed by atoms with E-state index in [1.807, 2.05) is 24.3 Å². The maximum Gasteiger partial charge on any atom is 0.376 e. The summed E-state index contributed by atoms with van der Waals surface area (Å²) in [6, 6.07) is 7.30. The highest BCUT2D eigenvalue weighted by atomic mass is 79.9. The Hall–Kier alpha value is -1.42. The number of Topliss-reactive ketones (excluding diaryl/α,β-unsaturated/α-hetero) is 1. The van der Waals surface area contributed by atoms with E-state index in [9.17, 15) is 9.59 Å². The average Bonchev–Trinajstić information content (AvgIpc) is 2.27. The number of hydrogen-bond donors (Lipinski definition) is 1. The fourth-order valence-corrected chi connectivity index (χ4v) is 1.49. The molecule has 0 amide bonds. The maximum absolute atomic E-state index is 11.3. The third-order valence-corrected chi connectivity index (χ3v) is 2.61. The molecule has 3 nitrogen and oxygen atoms in total. The van der Waals surface area contributed by atoms with E-state index in [1.165, 1.54) is 0 Å². The molecule has 0 saturated carbocycles. The van der Waals surface area contributed by atoms with Gasteiger partial charge in [-0.3, -0.25) is 4.79 Å². The zero-order valence-corrected chi connectivity index (χ0v) is 10.3. The molecule has 4 heteroatoms. The summed E-state index contributed by atoms with van der Waals surface area (Å²) in [5.41, 5.74) is 1.12. The number of ketones is 1. The second-order valence-corrected chi connectivity index (χ2v) is 4.12. The highest BCUT2D eigenvalue weighted by Crippen LogP contribution is 2.15. The number of carboxylic acids is 1. The fourth-order valence-electron chi connectivity index (χ4n) is 1.23. The number of aliphatic carboxylic acids is 1. The highest BCUT2D eigenvalue weighted by Gasteiger charge is 2.15. The Morgan fingerprint density at radius 3 is 2.31 bits per heavy atom. The van der Waals surface area contributed by atoms with E-state index < -0.39 is 11.8 Å². The summed E-state index contributed by atoms with van der Waals surface area (Å²) in [7, 11) is 0. The van der Waals surface area contributed by atoms with E-state index in [-0.39, 0.29) is 0 Å². The van der Waals surface area contributed by atoms with Gasteiger partial charge in [-0.1, -0.05) is 35.0 Å². The van der Waals surface area contributed by atoms with Crippen LogP contribution in [0.2, 0.25) is 0 Å². The lowest BCUT2D eigenvalue weighted by molar-refractivity contribution is -0.147. The minimum atomic E-state index is -1.41. The van der Waals surface area contributed by atoms with Crippen LogP contribution in [0, 0.1) is 0 Å². The zero-order valence-electron chi connectivity index (χ0n) is 8.74. The molecule has 0 unspecified atom stereocenters. The van der Waals surface area contributed by atoms with Gasteiger partial charge in [0.2, 0.25) is 0 Å². The Bertz CT molecular complexity index is 432. The molecule has 16 heavy (non-hydrogen) atoms. The largest absolute Gasteiger partial charge is 0.475 e. The first-order valence-electron chi connectivity index (χ1n) is 4.78. The molecule has 0 bridgehead atoms. The van der Waals surface area contributed by atoms with Crippen molar-refractivity contribution in [3.63, 3.8) is 0 Å². The van der Waals surface area contributed by atoms with E-state index in [0.29, 0.717) is 12.0 Å². The molecule has 84 valence electrons. The molecule has 0 atom stereocenters. The first-order valence-corrected chi connectivity index (χ1v) is 5.57. The second kappa shape index (κ2) is 5.61. The van der Waals surface area contributed by atoms with Crippen LogP contribution in [0.1, 0.15) is 18.9 Å². The topological polar surface area (TPSA) is 54.4 Å². The molecule has 1 aromatic rings. The van der Waals surface area contributed by atoms with Crippen LogP contribution >= 0.6 is 15.9 Å². The molecule has 0 heterocycles. The first kappa shape index (κ1) is 12.6. The van der Waals surface area contributed by atoms with Crippen LogP contribution in [0.3, 0.4) is 0 Å². The number of halogens is 1. The summed E-state index contributed by atoms with van der Waals surface area (Å²) in [6.07, 6.45) is 2.00. The van der Waals surface area contributed by atoms with Crippen molar-refractivity contribution >= 4 is 33.8 Å². The maximum atomic E-state index is 11.3. The summed E-state index contributed by atoms with van der Waals surface area (Å²) in [4.78, 5) is 21.8. The summed E-state index contributed by atoms with van der Waals surface area (Å²) >= 11 is 3.30. The normalized spacial score (nSPS) is 11.2. The van der Waals surface area contributed by atoms with Gasteiger partial charge in [0.25, 0.3) is 5.78 Å². The van der Waals surface area contributed by atoms with Crippen LogP contribution in [-0.4, -0.2) is 16.9 Å². The van der Waals surface area contributed by atoms with E-state index in [0.717, 1.165) is 10.0 Å². The molecule has 1 N–H and O–H groups in total. The van der Waals surface area contributed by atoms with Crippen molar-refractivity contribution in [1.82, 2.24) is 0 Å². The van der Waals surface area contributed by atoms with Crippen LogP contribution in [0.25, 0.3) is 6.08 Å². The van der Waals surface area contributed by atoms with E-state index in [2.05, 4.69) is 15.9 Å². The molecule has 0 radical (unpaired) electrons. The fraction of sp³-hybridized carbons (Fsp3) is 0.167. The van der Waals surface area contributed by atoms with E-state index >= 15 is 0 Å².